The first-order valence-corrected chi connectivity index (χ1v) is 7.48. The monoisotopic (exact) mass is 368 g/mol. The molecule has 0 heterocycles. The number of aryl methyl sites for hydroxylation is 2. The Labute approximate surface area is 137 Å². The van der Waals surface area contributed by atoms with Crippen molar-refractivity contribution < 1.29 is 14.3 Å². The number of carbonyl (C=O) groups is 1. The molecule has 2 aromatic rings. The summed E-state index contributed by atoms with van der Waals surface area (Å²) in [6.07, 6.45) is 0. The summed E-state index contributed by atoms with van der Waals surface area (Å²) in [4.78, 5) is 11.8. The lowest BCUT2D eigenvalue weighted by atomic mass is 10.1. The van der Waals surface area contributed by atoms with Gasteiger partial charge in [0.2, 0.25) is 0 Å². The maximum absolute atomic E-state index is 11.8. The van der Waals surface area contributed by atoms with E-state index in [9.17, 15) is 4.79 Å². The van der Waals surface area contributed by atoms with Crippen LogP contribution in [-0.2, 0) is 4.79 Å². The van der Waals surface area contributed by atoms with E-state index < -0.39 is 5.97 Å². The van der Waals surface area contributed by atoms with Crippen LogP contribution in [0.3, 0.4) is 0 Å². The Hall–Kier alpha value is -1.52. The van der Waals surface area contributed by atoms with Crippen LogP contribution in [0.25, 0.3) is 0 Å². The lowest BCUT2D eigenvalue weighted by Crippen LogP contribution is -2.17. The summed E-state index contributed by atoms with van der Waals surface area (Å²) in [5.74, 6) is 0.485. The Kier molecular flexibility index (Phi) is 5.26. The van der Waals surface area contributed by atoms with Gasteiger partial charge in [-0.05, 0) is 55.3 Å². The largest absolute Gasteiger partial charge is 0.480 e. The minimum Gasteiger partial charge on any atom is -0.480 e. The molecule has 21 heavy (non-hydrogen) atoms. The van der Waals surface area contributed by atoms with Gasteiger partial charge in [0, 0.05) is 4.47 Å². The second-order valence-electron chi connectivity index (χ2n) is 4.66. The van der Waals surface area contributed by atoms with Gasteiger partial charge >= 0.3 is 5.97 Å². The predicted octanol–water partition coefficient (Wildman–Crippen LogP) is 4.70. The van der Waals surface area contributed by atoms with Crippen molar-refractivity contribution in [3.8, 4) is 11.5 Å². The molecule has 0 aliphatic rings. The molecule has 0 N–H and O–H groups in total. The van der Waals surface area contributed by atoms with Crippen molar-refractivity contribution in [2.75, 3.05) is 6.61 Å². The van der Waals surface area contributed by atoms with Gasteiger partial charge < -0.3 is 9.47 Å². The van der Waals surface area contributed by atoms with Crippen LogP contribution < -0.4 is 9.47 Å². The fraction of sp³-hybridized carbons (Fsp3) is 0.188. The van der Waals surface area contributed by atoms with Crippen LogP contribution in [0.5, 0.6) is 11.5 Å². The fourth-order valence-electron chi connectivity index (χ4n) is 1.88. The number of ether oxygens (including phenoxy) is 2. The second-order valence-corrected chi connectivity index (χ2v) is 5.98. The van der Waals surface area contributed by atoms with Gasteiger partial charge in [-0.2, -0.15) is 0 Å². The molecule has 0 aromatic heterocycles. The molecule has 110 valence electrons. The van der Waals surface area contributed by atoms with Crippen LogP contribution in [-0.4, -0.2) is 12.6 Å². The van der Waals surface area contributed by atoms with Crippen LogP contribution in [0.15, 0.2) is 40.9 Å². The average molecular weight is 370 g/mol. The zero-order valence-electron chi connectivity index (χ0n) is 11.7. The summed E-state index contributed by atoms with van der Waals surface area (Å²) in [5.41, 5.74) is 2.07. The van der Waals surface area contributed by atoms with Gasteiger partial charge in [0.15, 0.2) is 6.61 Å². The SMILES string of the molecule is Cc1cc(C)cc(OC(=O)COc2ccc(Br)cc2Cl)c1. The van der Waals surface area contributed by atoms with E-state index in [0.29, 0.717) is 16.5 Å². The Morgan fingerprint density at radius 2 is 1.81 bits per heavy atom. The van der Waals surface area contributed by atoms with E-state index >= 15 is 0 Å². The summed E-state index contributed by atoms with van der Waals surface area (Å²) in [6, 6.07) is 10.8. The lowest BCUT2D eigenvalue weighted by molar-refractivity contribution is -0.136. The highest BCUT2D eigenvalue weighted by molar-refractivity contribution is 9.10. The van der Waals surface area contributed by atoms with Crippen molar-refractivity contribution in [2.24, 2.45) is 0 Å². The molecule has 0 spiro atoms. The van der Waals surface area contributed by atoms with E-state index in [-0.39, 0.29) is 6.61 Å². The summed E-state index contributed by atoms with van der Waals surface area (Å²) >= 11 is 9.31. The van der Waals surface area contributed by atoms with E-state index in [4.69, 9.17) is 21.1 Å². The van der Waals surface area contributed by atoms with Crippen LogP contribution >= 0.6 is 27.5 Å². The van der Waals surface area contributed by atoms with Crippen molar-refractivity contribution in [1.29, 1.82) is 0 Å². The smallest absolute Gasteiger partial charge is 0.349 e. The van der Waals surface area contributed by atoms with Gasteiger partial charge in [-0.1, -0.05) is 33.6 Å². The topological polar surface area (TPSA) is 35.5 Å². The van der Waals surface area contributed by atoms with Crippen LogP contribution in [0.1, 0.15) is 11.1 Å². The normalized spacial score (nSPS) is 10.3. The zero-order valence-corrected chi connectivity index (χ0v) is 14.0. The Balaban J connectivity index is 1.95. The van der Waals surface area contributed by atoms with E-state index in [1.165, 1.54) is 0 Å². The Morgan fingerprint density at radius 1 is 1.14 bits per heavy atom. The van der Waals surface area contributed by atoms with Crippen LogP contribution in [0.2, 0.25) is 5.02 Å². The highest BCUT2D eigenvalue weighted by Gasteiger charge is 2.09. The number of halogens is 2. The molecule has 0 unspecified atom stereocenters. The number of hydrogen-bond donors (Lipinski definition) is 0. The number of rotatable bonds is 4. The Bertz CT molecular complexity index is 650. The molecule has 0 saturated heterocycles. The van der Waals surface area contributed by atoms with E-state index in [1.807, 2.05) is 19.9 Å². The van der Waals surface area contributed by atoms with Crippen molar-refractivity contribution in [3.05, 3.63) is 57.0 Å². The quantitative estimate of drug-likeness (QED) is 0.578. The molecule has 0 atom stereocenters. The number of hydrogen-bond acceptors (Lipinski definition) is 3. The molecular formula is C16H14BrClO3. The molecule has 5 heteroatoms. The maximum Gasteiger partial charge on any atom is 0.349 e. The maximum atomic E-state index is 11.8. The summed E-state index contributed by atoms with van der Waals surface area (Å²) in [5, 5.41) is 0.434. The first-order chi connectivity index (χ1) is 9.94. The standard InChI is InChI=1S/C16H14BrClO3/c1-10-5-11(2)7-13(6-10)21-16(19)9-20-15-4-3-12(17)8-14(15)18/h3-8H,9H2,1-2H3. The van der Waals surface area contributed by atoms with Crippen molar-refractivity contribution >= 4 is 33.5 Å². The third-order valence-corrected chi connectivity index (χ3v) is 3.45. The molecular weight excluding hydrogens is 356 g/mol. The van der Waals surface area contributed by atoms with Crippen LogP contribution in [0, 0.1) is 13.8 Å². The fourth-order valence-corrected chi connectivity index (χ4v) is 2.61. The first kappa shape index (κ1) is 15.9. The molecule has 0 saturated carbocycles. The van der Waals surface area contributed by atoms with Crippen LogP contribution in [0.4, 0.5) is 0 Å². The molecule has 0 radical (unpaired) electrons. The third-order valence-electron chi connectivity index (χ3n) is 2.67. The third kappa shape index (κ3) is 4.76. The van der Waals surface area contributed by atoms with Crippen molar-refractivity contribution in [2.45, 2.75) is 13.8 Å². The minimum absolute atomic E-state index is 0.200. The van der Waals surface area contributed by atoms with Crippen molar-refractivity contribution in [3.63, 3.8) is 0 Å². The summed E-state index contributed by atoms with van der Waals surface area (Å²) in [6.45, 7) is 3.69. The number of esters is 1. The number of carbonyl (C=O) groups excluding carboxylic acids is 1. The van der Waals surface area contributed by atoms with Gasteiger partial charge in [-0.15, -0.1) is 0 Å². The molecule has 0 bridgehead atoms. The molecule has 2 aromatic carbocycles. The molecule has 2 rings (SSSR count). The van der Waals surface area contributed by atoms with Gasteiger partial charge in [-0.25, -0.2) is 4.79 Å². The first-order valence-electron chi connectivity index (χ1n) is 6.31. The Morgan fingerprint density at radius 3 is 2.43 bits per heavy atom. The molecule has 0 amide bonds. The average Bonchev–Trinajstić information content (AvgIpc) is 2.36. The van der Waals surface area contributed by atoms with Gasteiger partial charge in [-0.3, -0.25) is 0 Å². The molecule has 0 fully saturated rings. The predicted molar refractivity (Wildman–Crippen MR) is 86.2 cm³/mol. The van der Waals surface area contributed by atoms with Crippen molar-refractivity contribution in [1.82, 2.24) is 0 Å². The molecule has 0 aliphatic heterocycles. The molecule has 3 nitrogen and oxygen atoms in total. The van der Waals surface area contributed by atoms with E-state index in [2.05, 4.69) is 15.9 Å². The number of benzene rings is 2. The zero-order chi connectivity index (χ0) is 15.4. The van der Waals surface area contributed by atoms with Gasteiger partial charge in [0.05, 0.1) is 5.02 Å². The molecule has 0 aliphatic carbocycles. The highest BCUT2D eigenvalue weighted by atomic mass is 79.9. The summed E-state index contributed by atoms with van der Waals surface area (Å²) in [7, 11) is 0. The van der Waals surface area contributed by atoms with E-state index in [1.54, 1.807) is 30.3 Å². The second kappa shape index (κ2) is 6.96. The highest BCUT2D eigenvalue weighted by Crippen LogP contribution is 2.27. The van der Waals surface area contributed by atoms with E-state index in [0.717, 1.165) is 15.6 Å². The van der Waals surface area contributed by atoms with Gasteiger partial charge in [0.25, 0.3) is 0 Å². The lowest BCUT2D eigenvalue weighted by Gasteiger charge is -2.09. The van der Waals surface area contributed by atoms with Gasteiger partial charge in [0.1, 0.15) is 11.5 Å². The minimum atomic E-state index is -0.473. The summed E-state index contributed by atoms with van der Waals surface area (Å²) < 4.78 is 11.4.